The first-order valence-corrected chi connectivity index (χ1v) is 7.06. The Balaban J connectivity index is 2.77. The number of hydrogen-bond acceptors (Lipinski definition) is 2. The maximum atomic E-state index is 11.9. The molecule has 0 saturated heterocycles. The average molecular weight is 329 g/mol. The Hall–Kier alpha value is -0.940. The molecule has 0 fully saturated rings. The van der Waals surface area contributed by atoms with E-state index in [0.29, 0.717) is 4.99 Å². The van der Waals surface area contributed by atoms with Gasteiger partial charge in [0, 0.05) is 21.6 Å². The van der Waals surface area contributed by atoms with E-state index in [9.17, 15) is 4.79 Å². The highest BCUT2D eigenvalue weighted by Crippen LogP contribution is 2.22. The molecule has 0 heterocycles. The smallest absolute Gasteiger partial charge is 0.227 e. The molecule has 0 aliphatic rings. The highest BCUT2D eigenvalue weighted by atomic mass is 79.9. The first-order valence-electron chi connectivity index (χ1n) is 5.86. The molecule has 1 aromatic carbocycles. The van der Waals surface area contributed by atoms with Crippen LogP contribution in [-0.2, 0) is 4.79 Å². The standard InChI is InChI=1S/C13H17BrN2OS/c1-3-4-8(2)13(17)16-9-5-6-10(12(15)18)11(14)7-9/h5-8H,3-4H2,1-2H3,(H2,15,18)(H,16,17). The largest absolute Gasteiger partial charge is 0.389 e. The van der Waals surface area contributed by atoms with Crippen molar-refractivity contribution < 1.29 is 4.79 Å². The summed E-state index contributed by atoms with van der Waals surface area (Å²) in [5.41, 5.74) is 7.08. The third kappa shape index (κ3) is 4.07. The van der Waals surface area contributed by atoms with E-state index in [-0.39, 0.29) is 11.8 Å². The zero-order chi connectivity index (χ0) is 13.7. The number of rotatable bonds is 5. The summed E-state index contributed by atoms with van der Waals surface area (Å²) < 4.78 is 0.788. The molecule has 1 unspecified atom stereocenters. The maximum absolute atomic E-state index is 11.9. The van der Waals surface area contributed by atoms with E-state index in [2.05, 4.69) is 28.2 Å². The molecule has 0 bridgehead atoms. The van der Waals surface area contributed by atoms with Crippen molar-refractivity contribution in [3.63, 3.8) is 0 Å². The van der Waals surface area contributed by atoms with Gasteiger partial charge in [-0.05, 0) is 40.5 Å². The monoisotopic (exact) mass is 328 g/mol. The Kier molecular flexibility index (Phi) is 5.75. The third-order valence-corrected chi connectivity index (χ3v) is 3.55. The first-order chi connectivity index (χ1) is 8.45. The second-order valence-corrected chi connectivity index (χ2v) is 5.53. The maximum Gasteiger partial charge on any atom is 0.227 e. The predicted octanol–water partition coefficient (Wildman–Crippen LogP) is 3.46. The van der Waals surface area contributed by atoms with Crippen LogP contribution in [0.5, 0.6) is 0 Å². The summed E-state index contributed by atoms with van der Waals surface area (Å²) in [6.45, 7) is 3.99. The van der Waals surface area contributed by atoms with Crippen molar-refractivity contribution in [1.29, 1.82) is 0 Å². The Bertz CT molecular complexity index is 462. The van der Waals surface area contributed by atoms with Gasteiger partial charge in [0.25, 0.3) is 0 Å². The molecule has 1 atom stereocenters. The molecule has 0 spiro atoms. The molecule has 0 aromatic heterocycles. The number of nitrogens with one attached hydrogen (secondary N) is 1. The van der Waals surface area contributed by atoms with Gasteiger partial charge in [0.05, 0.1) is 0 Å². The highest BCUT2D eigenvalue weighted by Gasteiger charge is 2.12. The Labute approximate surface area is 121 Å². The Morgan fingerprint density at radius 2 is 2.22 bits per heavy atom. The van der Waals surface area contributed by atoms with Crippen LogP contribution < -0.4 is 11.1 Å². The molecular formula is C13H17BrN2OS. The number of nitrogens with two attached hydrogens (primary N) is 1. The molecule has 0 radical (unpaired) electrons. The molecule has 1 amide bonds. The highest BCUT2D eigenvalue weighted by molar-refractivity contribution is 9.10. The summed E-state index contributed by atoms with van der Waals surface area (Å²) in [6.07, 6.45) is 1.89. The van der Waals surface area contributed by atoms with Gasteiger partial charge in [-0.15, -0.1) is 0 Å². The van der Waals surface area contributed by atoms with E-state index in [1.54, 1.807) is 12.1 Å². The Morgan fingerprint density at radius 1 is 1.56 bits per heavy atom. The number of anilines is 1. The quantitative estimate of drug-likeness (QED) is 0.814. The minimum Gasteiger partial charge on any atom is -0.389 e. The van der Waals surface area contributed by atoms with E-state index < -0.39 is 0 Å². The fourth-order valence-electron chi connectivity index (χ4n) is 1.62. The van der Waals surface area contributed by atoms with Gasteiger partial charge in [0.1, 0.15) is 4.99 Å². The number of benzene rings is 1. The van der Waals surface area contributed by atoms with E-state index >= 15 is 0 Å². The lowest BCUT2D eigenvalue weighted by molar-refractivity contribution is -0.119. The van der Waals surface area contributed by atoms with Crippen molar-refractivity contribution in [3.05, 3.63) is 28.2 Å². The first kappa shape index (κ1) is 15.1. The van der Waals surface area contributed by atoms with Crippen LogP contribution in [0, 0.1) is 5.92 Å². The van der Waals surface area contributed by atoms with Crippen LogP contribution in [0.25, 0.3) is 0 Å². The van der Waals surface area contributed by atoms with Crippen LogP contribution in [0.4, 0.5) is 5.69 Å². The van der Waals surface area contributed by atoms with Gasteiger partial charge in [-0.1, -0.05) is 32.5 Å². The SMILES string of the molecule is CCCC(C)C(=O)Nc1ccc(C(N)=S)c(Br)c1. The molecule has 1 rings (SSSR count). The lowest BCUT2D eigenvalue weighted by Crippen LogP contribution is -2.20. The molecule has 5 heteroatoms. The Morgan fingerprint density at radius 3 is 2.72 bits per heavy atom. The van der Waals surface area contributed by atoms with Crippen molar-refractivity contribution in [2.75, 3.05) is 5.32 Å². The number of halogens is 1. The molecule has 0 saturated carbocycles. The average Bonchev–Trinajstić information content (AvgIpc) is 2.28. The fraction of sp³-hybridized carbons (Fsp3) is 0.385. The van der Waals surface area contributed by atoms with Crippen molar-refractivity contribution in [3.8, 4) is 0 Å². The predicted molar refractivity (Wildman–Crippen MR) is 82.7 cm³/mol. The number of carbonyl (C=O) groups excluding carboxylic acids is 1. The topological polar surface area (TPSA) is 55.1 Å². The second-order valence-electron chi connectivity index (χ2n) is 4.24. The molecule has 98 valence electrons. The summed E-state index contributed by atoms with van der Waals surface area (Å²) >= 11 is 8.30. The summed E-state index contributed by atoms with van der Waals surface area (Å²) in [5, 5.41) is 2.88. The number of thiocarbonyl (C=S) groups is 1. The number of amides is 1. The van der Waals surface area contributed by atoms with Gasteiger partial charge in [-0.2, -0.15) is 0 Å². The van der Waals surface area contributed by atoms with Crippen molar-refractivity contribution in [2.24, 2.45) is 11.7 Å². The fourth-order valence-corrected chi connectivity index (χ4v) is 2.52. The summed E-state index contributed by atoms with van der Waals surface area (Å²) in [4.78, 5) is 12.2. The van der Waals surface area contributed by atoms with E-state index in [0.717, 1.165) is 28.6 Å². The molecule has 1 aromatic rings. The molecule has 3 nitrogen and oxygen atoms in total. The normalized spacial score (nSPS) is 11.9. The second kappa shape index (κ2) is 6.85. The zero-order valence-corrected chi connectivity index (χ0v) is 12.9. The minimum atomic E-state index is 0.0176. The van der Waals surface area contributed by atoms with Gasteiger partial charge >= 0.3 is 0 Å². The van der Waals surface area contributed by atoms with Crippen LogP contribution >= 0.6 is 28.1 Å². The number of hydrogen-bond donors (Lipinski definition) is 2. The zero-order valence-electron chi connectivity index (χ0n) is 10.5. The van der Waals surface area contributed by atoms with Crippen LogP contribution in [0.3, 0.4) is 0 Å². The van der Waals surface area contributed by atoms with Crippen LogP contribution in [0.2, 0.25) is 0 Å². The lowest BCUT2D eigenvalue weighted by atomic mass is 10.1. The van der Waals surface area contributed by atoms with Crippen LogP contribution in [-0.4, -0.2) is 10.9 Å². The van der Waals surface area contributed by atoms with E-state index in [1.807, 2.05) is 13.0 Å². The van der Waals surface area contributed by atoms with Crippen LogP contribution in [0.15, 0.2) is 22.7 Å². The van der Waals surface area contributed by atoms with Gasteiger partial charge < -0.3 is 11.1 Å². The minimum absolute atomic E-state index is 0.0176. The van der Waals surface area contributed by atoms with Gasteiger partial charge in [0.15, 0.2) is 0 Å². The van der Waals surface area contributed by atoms with Gasteiger partial charge in [-0.25, -0.2) is 0 Å². The molecule has 0 aliphatic heterocycles. The molecule has 18 heavy (non-hydrogen) atoms. The van der Waals surface area contributed by atoms with Crippen molar-refractivity contribution in [1.82, 2.24) is 0 Å². The van der Waals surface area contributed by atoms with Crippen molar-refractivity contribution in [2.45, 2.75) is 26.7 Å². The summed E-state index contributed by atoms with van der Waals surface area (Å²) in [6, 6.07) is 5.41. The molecular weight excluding hydrogens is 312 g/mol. The third-order valence-electron chi connectivity index (χ3n) is 2.67. The summed E-state index contributed by atoms with van der Waals surface area (Å²) in [7, 11) is 0. The lowest BCUT2D eigenvalue weighted by Gasteiger charge is -2.12. The molecule has 0 aliphatic carbocycles. The van der Waals surface area contributed by atoms with E-state index in [4.69, 9.17) is 18.0 Å². The van der Waals surface area contributed by atoms with Gasteiger partial charge in [-0.3, -0.25) is 4.79 Å². The van der Waals surface area contributed by atoms with Crippen LogP contribution in [0.1, 0.15) is 32.3 Å². The number of carbonyl (C=O) groups is 1. The van der Waals surface area contributed by atoms with E-state index in [1.165, 1.54) is 0 Å². The molecule has 3 N–H and O–H groups in total. The summed E-state index contributed by atoms with van der Waals surface area (Å²) in [5.74, 6) is 0.0517. The van der Waals surface area contributed by atoms with Gasteiger partial charge in [0.2, 0.25) is 5.91 Å². The van der Waals surface area contributed by atoms with Crippen molar-refractivity contribution >= 4 is 44.7 Å².